The van der Waals surface area contributed by atoms with E-state index in [9.17, 15) is 5.26 Å². The van der Waals surface area contributed by atoms with Crippen molar-refractivity contribution in [3.8, 4) is 34.1 Å². The number of para-hydroxylation sites is 2. The van der Waals surface area contributed by atoms with E-state index >= 15 is 0 Å². The van der Waals surface area contributed by atoms with Crippen molar-refractivity contribution in [1.29, 1.82) is 5.26 Å². The van der Waals surface area contributed by atoms with Crippen LogP contribution >= 0.6 is 0 Å². The molecule has 49 heavy (non-hydrogen) atoms. The summed E-state index contributed by atoms with van der Waals surface area (Å²) >= 11 is 0. The summed E-state index contributed by atoms with van der Waals surface area (Å²) in [5, 5.41) is 18.9. The summed E-state index contributed by atoms with van der Waals surface area (Å²) in [5.41, 5.74) is 10.2. The number of nitrogens with zero attached hydrogens (tertiary/aromatic N) is 4. The molecular weight excluding hydrogens is 597 g/mol. The van der Waals surface area contributed by atoms with Crippen molar-refractivity contribution in [3.05, 3.63) is 163 Å². The smallest absolute Gasteiger partial charge is 0.0991 e. The average Bonchev–Trinajstić information content (AvgIpc) is 3.50. The van der Waals surface area contributed by atoms with Crippen molar-refractivity contribution < 1.29 is 0 Å². The lowest BCUT2D eigenvalue weighted by atomic mass is 9.92. The molecule has 3 aromatic heterocycles. The number of hydrogen-bond donors (Lipinski definition) is 0. The third kappa shape index (κ3) is 4.16. The van der Waals surface area contributed by atoms with Gasteiger partial charge in [-0.05, 0) is 82.6 Å². The third-order valence-electron chi connectivity index (χ3n) is 9.83. The lowest BCUT2D eigenvalue weighted by molar-refractivity contribution is 1.18. The Labute approximate surface area is 281 Å². The second-order valence-electron chi connectivity index (χ2n) is 12.5. The molecule has 0 fully saturated rings. The van der Waals surface area contributed by atoms with E-state index in [1.807, 2.05) is 30.5 Å². The second-order valence-corrected chi connectivity index (χ2v) is 12.5. The second kappa shape index (κ2) is 10.6. The molecule has 0 bridgehead atoms. The number of aromatic nitrogens is 3. The van der Waals surface area contributed by atoms with Crippen LogP contribution in [0.1, 0.15) is 5.56 Å². The summed E-state index contributed by atoms with van der Waals surface area (Å²) in [6, 6.07) is 55.4. The summed E-state index contributed by atoms with van der Waals surface area (Å²) < 4.78 is 2.28. The highest BCUT2D eigenvalue weighted by molar-refractivity contribution is 6.28. The molecule has 0 atom stereocenters. The van der Waals surface area contributed by atoms with Crippen molar-refractivity contribution in [1.82, 2.24) is 14.5 Å². The van der Waals surface area contributed by atoms with Gasteiger partial charge in [-0.1, -0.05) is 91.0 Å². The van der Waals surface area contributed by atoms with Gasteiger partial charge in [-0.25, -0.2) is 4.98 Å². The lowest BCUT2D eigenvalue weighted by Gasteiger charge is -2.14. The predicted octanol–water partition coefficient (Wildman–Crippen LogP) is 11.4. The van der Waals surface area contributed by atoms with Crippen LogP contribution in [-0.4, -0.2) is 14.5 Å². The van der Waals surface area contributed by atoms with Crippen LogP contribution in [0.3, 0.4) is 0 Å². The molecule has 10 rings (SSSR count). The Kier molecular flexibility index (Phi) is 5.90. The van der Waals surface area contributed by atoms with Crippen molar-refractivity contribution in [2.45, 2.75) is 0 Å². The number of benzene rings is 7. The Bertz CT molecular complexity index is 2990. The minimum Gasteiger partial charge on any atom is -0.309 e. The summed E-state index contributed by atoms with van der Waals surface area (Å²) in [4.78, 5) is 9.91. The van der Waals surface area contributed by atoms with Gasteiger partial charge in [-0.3, -0.25) is 4.98 Å². The molecule has 0 radical (unpaired) electrons. The summed E-state index contributed by atoms with van der Waals surface area (Å²) in [6.45, 7) is 0. The Hall–Kier alpha value is -6.83. The normalized spacial score (nSPS) is 11.7. The average molecular weight is 623 g/mol. The van der Waals surface area contributed by atoms with Gasteiger partial charge in [0.25, 0.3) is 0 Å². The zero-order valence-corrected chi connectivity index (χ0v) is 26.3. The predicted molar refractivity (Wildman–Crippen MR) is 202 cm³/mol. The first-order chi connectivity index (χ1) is 24.2. The molecule has 4 nitrogen and oxygen atoms in total. The maximum Gasteiger partial charge on any atom is 0.0991 e. The van der Waals surface area contributed by atoms with Crippen LogP contribution in [0.25, 0.3) is 93.2 Å². The minimum absolute atomic E-state index is 0.654. The van der Waals surface area contributed by atoms with E-state index in [0.29, 0.717) is 5.56 Å². The van der Waals surface area contributed by atoms with Gasteiger partial charge < -0.3 is 4.57 Å². The Morgan fingerprint density at radius 3 is 2.04 bits per heavy atom. The van der Waals surface area contributed by atoms with Crippen LogP contribution in [0.2, 0.25) is 0 Å². The number of rotatable bonds is 3. The molecule has 0 saturated carbocycles. The molecule has 0 saturated heterocycles. The van der Waals surface area contributed by atoms with Gasteiger partial charge in [0.05, 0.1) is 39.4 Å². The number of nitriles is 1. The highest BCUT2D eigenvalue weighted by Crippen LogP contribution is 2.40. The highest BCUT2D eigenvalue weighted by atomic mass is 15.0. The molecule has 0 N–H and O–H groups in total. The zero-order chi connectivity index (χ0) is 32.5. The molecule has 0 spiro atoms. The molecular formula is C45H26N4. The third-order valence-corrected chi connectivity index (χ3v) is 9.83. The molecule has 3 heterocycles. The maximum atomic E-state index is 9.70. The van der Waals surface area contributed by atoms with E-state index in [0.717, 1.165) is 77.1 Å². The largest absolute Gasteiger partial charge is 0.309 e. The van der Waals surface area contributed by atoms with E-state index in [1.54, 1.807) is 0 Å². The SMILES string of the molecule is N#Cc1ccc2c(c1)c1cc(-c3ccc(-c4nc5ccccc5c5c4ccc4ccc6ncccc6c45)cc3)ccc1n2-c1ccccc1. The van der Waals surface area contributed by atoms with Gasteiger partial charge >= 0.3 is 0 Å². The van der Waals surface area contributed by atoms with Crippen molar-refractivity contribution >= 4 is 65.2 Å². The Morgan fingerprint density at radius 2 is 1.18 bits per heavy atom. The summed E-state index contributed by atoms with van der Waals surface area (Å²) in [7, 11) is 0. The van der Waals surface area contributed by atoms with E-state index in [1.165, 1.54) is 16.2 Å². The van der Waals surface area contributed by atoms with Crippen LogP contribution < -0.4 is 0 Å². The molecule has 0 unspecified atom stereocenters. The van der Waals surface area contributed by atoms with Crippen molar-refractivity contribution in [3.63, 3.8) is 0 Å². The van der Waals surface area contributed by atoms with Crippen LogP contribution in [0.15, 0.2) is 158 Å². The zero-order valence-electron chi connectivity index (χ0n) is 26.3. The molecule has 0 aliphatic rings. The fraction of sp³-hybridized carbons (Fsp3) is 0. The van der Waals surface area contributed by atoms with Gasteiger partial charge in [0.1, 0.15) is 0 Å². The molecule has 10 aromatic rings. The molecule has 0 aliphatic carbocycles. The van der Waals surface area contributed by atoms with Crippen molar-refractivity contribution in [2.24, 2.45) is 0 Å². The maximum absolute atomic E-state index is 9.70. The Balaban J connectivity index is 1.15. The first kappa shape index (κ1) is 27.3. The monoisotopic (exact) mass is 622 g/mol. The highest BCUT2D eigenvalue weighted by Gasteiger charge is 2.17. The lowest BCUT2D eigenvalue weighted by Crippen LogP contribution is -1.93. The quantitative estimate of drug-likeness (QED) is 0.184. The van der Waals surface area contributed by atoms with E-state index < -0.39 is 0 Å². The first-order valence-electron chi connectivity index (χ1n) is 16.4. The fourth-order valence-corrected chi connectivity index (χ4v) is 7.59. The van der Waals surface area contributed by atoms with Gasteiger partial charge in [0.15, 0.2) is 0 Å². The van der Waals surface area contributed by atoms with Crippen LogP contribution in [0.4, 0.5) is 0 Å². The van der Waals surface area contributed by atoms with Crippen LogP contribution in [0.5, 0.6) is 0 Å². The van der Waals surface area contributed by atoms with E-state index in [4.69, 9.17) is 4.98 Å². The molecule has 226 valence electrons. The van der Waals surface area contributed by atoms with Gasteiger partial charge in [-0.2, -0.15) is 5.26 Å². The summed E-state index contributed by atoms with van der Waals surface area (Å²) in [5.74, 6) is 0. The first-order valence-corrected chi connectivity index (χ1v) is 16.4. The van der Waals surface area contributed by atoms with Gasteiger partial charge in [-0.15, -0.1) is 0 Å². The molecule has 4 heteroatoms. The number of hydrogen-bond acceptors (Lipinski definition) is 3. The Morgan fingerprint density at radius 1 is 0.490 bits per heavy atom. The minimum atomic E-state index is 0.654. The molecule has 0 aliphatic heterocycles. The summed E-state index contributed by atoms with van der Waals surface area (Å²) in [6.07, 6.45) is 1.86. The van der Waals surface area contributed by atoms with Crippen LogP contribution in [-0.2, 0) is 0 Å². The fourth-order valence-electron chi connectivity index (χ4n) is 7.59. The van der Waals surface area contributed by atoms with Gasteiger partial charge in [0, 0.05) is 49.8 Å². The van der Waals surface area contributed by atoms with Crippen LogP contribution in [0, 0.1) is 11.3 Å². The number of fused-ring (bicyclic) bond motifs is 10. The molecule has 0 amide bonds. The molecule has 7 aromatic carbocycles. The van der Waals surface area contributed by atoms with E-state index in [-0.39, 0.29) is 0 Å². The topological polar surface area (TPSA) is 54.5 Å². The van der Waals surface area contributed by atoms with Crippen molar-refractivity contribution in [2.75, 3.05) is 0 Å². The van der Waals surface area contributed by atoms with Gasteiger partial charge in [0.2, 0.25) is 0 Å². The standard InChI is InChI=1S/C45H26N4/c46-27-28-12-22-41-37(25-28)38-26-32(19-23-42(38)49(41)33-7-2-1-3-8-33)29-13-15-31(16-14-29)45-36-20-17-30-18-21-39-34(10-6-24-47-39)43(30)44(36)35-9-4-5-11-40(35)48-45/h1-26H. The number of pyridine rings is 2. The van der Waals surface area contributed by atoms with E-state index in [2.05, 4.69) is 143 Å².